The van der Waals surface area contributed by atoms with E-state index in [2.05, 4.69) is 29.2 Å². The number of thiazole rings is 1. The van der Waals surface area contributed by atoms with Crippen LogP contribution in [0.5, 0.6) is 0 Å². The van der Waals surface area contributed by atoms with Crippen LogP contribution in [0, 0.1) is 29.6 Å². The molecule has 1 saturated heterocycles. The Morgan fingerprint density at radius 2 is 1.76 bits per heavy atom. The fraction of sp³-hybridized carbons (Fsp3) is 0.500. The van der Waals surface area contributed by atoms with E-state index < -0.39 is 23.8 Å². The lowest BCUT2D eigenvalue weighted by molar-refractivity contribution is -0.154. The summed E-state index contributed by atoms with van der Waals surface area (Å²) in [5, 5.41) is 10.4. The maximum absolute atomic E-state index is 13.4. The van der Waals surface area contributed by atoms with Crippen LogP contribution in [0.1, 0.15) is 29.7 Å². The van der Waals surface area contributed by atoms with Crippen molar-refractivity contribution in [3.05, 3.63) is 44.4 Å². The highest BCUT2D eigenvalue weighted by Gasteiger charge is 2.70. The second-order valence-corrected chi connectivity index (χ2v) is 12.2. The summed E-state index contributed by atoms with van der Waals surface area (Å²) in [6.45, 7) is 1.40. The minimum Gasteiger partial charge on any atom is -0.480 e. The lowest BCUT2D eigenvalue weighted by Crippen LogP contribution is -2.44. The molecule has 3 heterocycles. The summed E-state index contributed by atoms with van der Waals surface area (Å²) in [5.41, 5.74) is 2.19. The number of hydrogen-bond donors (Lipinski definition) is 2. The van der Waals surface area contributed by atoms with Gasteiger partial charge in [0.05, 0.1) is 16.9 Å². The Bertz CT molecular complexity index is 1270. The Kier molecular flexibility index (Phi) is 4.80. The van der Waals surface area contributed by atoms with Crippen molar-refractivity contribution >= 4 is 46.6 Å². The quantitative estimate of drug-likeness (QED) is 0.622. The highest BCUT2D eigenvalue weighted by atomic mass is 32.2. The molecule has 2 aromatic rings. The van der Waals surface area contributed by atoms with Crippen LogP contribution < -0.4 is 9.77 Å². The molecule has 2 aliphatic heterocycles. The average molecular weight is 500 g/mol. The number of amides is 2. The summed E-state index contributed by atoms with van der Waals surface area (Å²) in [4.78, 5) is 57.6. The maximum Gasteiger partial charge on any atom is 0.326 e. The van der Waals surface area contributed by atoms with Crippen molar-refractivity contribution in [1.29, 1.82) is 0 Å². The number of anilines is 1. The zero-order valence-corrected chi connectivity index (χ0v) is 20.6. The number of carboxylic acids is 1. The molecule has 34 heavy (non-hydrogen) atoms. The van der Waals surface area contributed by atoms with Crippen molar-refractivity contribution in [2.75, 3.05) is 19.0 Å². The number of imide groups is 1. The van der Waals surface area contributed by atoms with Gasteiger partial charge in [0.15, 0.2) is 0 Å². The average Bonchev–Trinajstić information content (AvgIpc) is 3.52. The van der Waals surface area contributed by atoms with Crippen LogP contribution in [0.2, 0.25) is 0 Å². The number of likely N-dealkylation sites (tertiary alicyclic amines) is 1. The number of carbonyl (C=O) groups is 3. The molecule has 178 valence electrons. The number of fused-ring (bicyclic) bond motifs is 9. The monoisotopic (exact) mass is 499 g/mol. The van der Waals surface area contributed by atoms with Crippen molar-refractivity contribution < 1.29 is 19.5 Å². The van der Waals surface area contributed by atoms with E-state index in [1.807, 2.05) is 19.0 Å². The Hall–Kier alpha value is -2.59. The molecule has 1 aromatic carbocycles. The fourth-order valence-electron chi connectivity index (χ4n) is 6.89. The van der Waals surface area contributed by atoms with Gasteiger partial charge >= 0.3 is 10.8 Å². The van der Waals surface area contributed by atoms with E-state index in [-0.39, 0.29) is 45.6 Å². The first kappa shape index (κ1) is 21.9. The number of rotatable bonds is 4. The molecule has 10 heteroatoms. The third-order valence-electron chi connectivity index (χ3n) is 8.27. The van der Waals surface area contributed by atoms with Crippen LogP contribution in [-0.4, -0.2) is 58.2 Å². The van der Waals surface area contributed by atoms with Crippen molar-refractivity contribution in [1.82, 2.24) is 9.88 Å². The van der Waals surface area contributed by atoms with E-state index in [0.717, 1.165) is 32.5 Å². The number of carboxylic acid groups (broad SMARTS) is 1. The summed E-state index contributed by atoms with van der Waals surface area (Å²) >= 11 is 2.87. The fourth-order valence-corrected chi connectivity index (χ4v) is 9.77. The Morgan fingerprint density at radius 3 is 2.38 bits per heavy atom. The number of nitrogens with one attached hydrogen (secondary N) is 1. The SMILES string of the molecule is C[C@H](C(=O)O)N1C(=O)[C@@H]2[C@@H]3C[C@H]([C@H]4Sc5[nH]c(=O)sc5[C@@H](c5ccc(N(C)C)cc5)[C@H]34)[C@@H]2C1=O. The van der Waals surface area contributed by atoms with E-state index in [4.69, 9.17) is 0 Å². The summed E-state index contributed by atoms with van der Waals surface area (Å²) < 4.78 is 0. The molecule has 3 fully saturated rings. The molecule has 1 aromatic heterocycles. The lowest BCUT2D eigenvalue weighted by Gasteiger charge is -2.43. The lowest BCUT2D eigenvalue weighted by atomic mass is 9.68. The topological polar surface area (TPSA) is 111 Å². The van der Waals surface area contributed by atoms with Gasteiger partial charge in [0.2, 0.25) is 11.8 Å². The van der Waals surface area contributed by atoms with Crippen LogP contribution in [0.25, 0.3) is 0 Å². The molecule has 0 unspecified atom stereocenters. The molecule has 8 nitrogen and oxygen atoms in total. The summed E-state index contributed by atoms with van der Waals surface area (Å²) in [7, 11) is 3.97. The Labute approximate surface area is 204 Å². The van der Waals surface area contributed by atoms with Gasteiger partial charge in [0.1, 0.15) is 6.04 Å². The highest BCUT2D eigenvalue weighted by Crippen LogP contribution is 2.68. The van der Waals surface area contributed by atoms with Crippen molar-refractivity contribution in [3.8, 4) is 0 Å². The predicted molar refractivity (Wildman–Crippen MR) is 128 cm³/mol. The van der Waals surface area contributed by atoms with Gasteiger partial charge in [-0.1, -0.05) is 23.5 Å². The predicted octanol–water partition coefficient (Wildman–Crippen LogP) is 2.45. The van der Waals surface area contributed by atoms with Crippen LogP contribution >= 0.6 is 23.1 Å². The third-order valence-corrected chi connectivity index (χ3v) is 10.9. The molecule has 2 saturated carbocycles. The third kappa shape index (κ3) is 2.84. The molecule has 0 radical (unpaired) electrons. The normalized spacial score (nSPS) is 34.1. The zero-order valence-electron chi connectivity index (χ0n) is 18.9. The summed E-state index contributed by atoms with van der Waals surface area (Å²) in [6.07, 6.45) is 0.788. The van der Waals surface area contributed by atoms with Crippen molar-refractivity contribution in [3.63, 3.8) is 0 Å². The molecule has 2 bridgehead atoms. The van der Waals surface area contributed by atoms with Gasteiger partial charge in [-0.25, -0.2) is 4.79 Å². The van der Waals surface area contributed by atoms with Gasteiger partial charge in [-0.3, -0.25) is 19.3 Å². The molecule has 8 atom stereocenters. The number of H-pyrrole nitrogens is 1. The summed E-state index contributed by atoms with van der Waals surface area (Å²) in [5.74, 6) is -2.73. The molecule has 2 N–H and O–H groups in total. The Morgan fingerprint density at radius 1 is 1.12 bits per heavy atom. The number of aromatic amines is 1. The Balaban J connectivity index is 1.43. The van der Waals surface area contributed by atoms with Crippen LogP contribution in [0.3, 0.4) is 0 Å². The van der Waals surface area contributed by atoms with E-state index in [1.54, 1.807) is 11.8 Å². The molecule has 4 aliphatic rings. The minimum atomic E-state index is -1.17. The number of thioether (sulfide) groups is 1. The number of nitrogens with zero attached hydrogens (tertiary/aromatic N) is 2. The number of hydrogen-bond acceptors (Lipinski definition) is 7. The van der Waals surface area contributed by atoms with E-state index in [9.17, 15) is 24.3 Å². The maximum atomic E-state index is 13.4. The number of aliphatic carboxylic acids is 1. The van der Waals surface area contributed by atoms with Crippen molar-refractivity contribution in [2.45, 2.75) is 35.6 Å². The second kappa shape index (κ2) is 7.45. The smallest absolute Gasteiger partial charge is 0.326 e. The van der Waals surface area contributed by atoms with Gasteiger partial charge in [-0.2, -0.15) is 0 Å². The van der Waals surface area contributed by atoms with Crippen LogP contribution in [0.15, 0.2) is 34.1 Å². The first-order valence-electron chi connectivity index (χ1n) is 11.5. The number of aromatic nitrogens is 1. The van der Waals surface area contributed by atoms with Gasteiger partial charge in [0, 0.05) is 35.8 Å². The van der Waals surface area contributed by atoms with Crippen LogP contribution in [0.4, 0.5) is 5.69 Å². The second-order valence-electron chi connectivity index (χ2n) is 10.0. The molecule has 2 aliphatic carbocycles. The van der Waals surface area contributed by atoms with Crippen molar-refractivity contribution in [2.24, 2.45) is 29.6 Å². The van der Waals surface area contributed by atoms with Gasteiger partial charge in [-0.15, -0.1) is 11.8 Å². The standard InChI is InChI=1S/C24H25N3O5S2/c1-9(23(30)31)27-21(28)16-12-8-13(17(16)22(27)29)18-15(12)14(19-20(33-18)25-24(32)34-19)10-4-6-11(7-5-10)26(2)3/h4-7,9,12-18H,8H2,1-3H3,(H,25,32)(H,30,31)/t9-,12-,13+,14+,15+,16-,17+,18-/m1/s1. The van der Waals surface area contributed by atoms with E-state index in [1.165, 1.54) is 18.3 Å². The molecular formula is C24H25N3O5S2. The van der Waals surface area contributed by atoms with E-state index >= 15 is 0 Å². The molecule has 2 amide bonds. The number of carbonyl (C=O) groups excluding carboxylic acids is 2. The molecule has 6 rings (SSSR count). The zero-order chi connectivity index (χ0) is 24.0. The first-order chi connectivity index (χ1) is 16.2. The van der Waals surface area contributed by atoms with Gasteiger partial charge in [0.25, 0.3) is 0 Å². The molecule has 0 spiro atoms. The van der Waals surface area contributed by atoms with Gasteiger partial charge < -0.3 is 15.0 Å². The summed E-state index contributed by atoms with van der Waals surface area (Å²) in [6, 6.07) is 7.18. The van der Waals surface area contributed by atoms with Gasteiger partial charge in [-0.05, 0) is 48.8 Å². The minimum absolute atomic E-state index is 0.00690. The molecular weight excluding hydrogens is 474 g/mol. The highest BCUT2D eigenvalue weighted by molar-refractivity contribution is 8.00. The van der Waals surface area contributed by atoms with E-state index in [0.29, 0.717) is 0 Å². The largest absolute Gasteiger partial charge is 0.480 e. The van der Waals surface area contributed by atoms with Crippen LogP contribution in [-0.2, 0) is 14.4 Å². The first-order valence-corrected chi connectivity index (χ1v) is 13.1. The number of benzene rings is 1.